The second-order valence-corrected chi connectivity index (χ2v) is 6.38. The van der Waals surface area contributed by atoms with E-state index < -0.39 is 6.10 Å². The van der Waals surface area contributed by atoms with Gasteiger partial charge >= 0.3 is 0 Å². The van der Waals surface area contributed by atoms with Crippen LogP contribution in [0.1, 0.15) is 12.6 Å². The number of aromatic nitrogens is 1. The number of hydrogen-bond acceptors (Lipinski definition) is 5. The zero-order valence-electron chi connectivity index (χ0n) is 13.4. The molecule has 24 heavy (non-hydrogen) atoms. The summed E-state index contributed by atoms with van der Waals surface area (Å²) < 4.78 is 5.75. The molecule has 0 aliphatic carbocycles. The smallest absolute Gasteiger partial charge is 0.260 e. The number of amides is 1. The molecule has 3 aromatic rings. The molecule has 0 unspecified atom stereocenters. The Balaban J connectivity index is 1.53. The van der Waals surface area contributed by atoms with E-state index in [1.165, 1.54) is 11.3 Å². The van der Waals surface area contributed by atoms with Gasteiger partial charge in [0.25, 0.3) is 5.91 Å². The molecule has 124 valence electrons. The van der Waals surface area contributed by atoms with Crippen molar-refractivity contribution >= 4 is 33.1 Å². The molecular weight excluding hydrogens is 322 g/mol. The lowest BCUT2D eigenvalue weighted by molar-refractivity contribution is -0.127. The number of carbonyl (C=O) groups excluding carboxylic acids is 1. The highest BCUT2D eigenvalue weighted by molar-refractivity contribution is 7.13. The lowest BCUT2D eigenvalue weighted by Gasteiger charge is -2.15. The van der Waals surface area contributed by atoms with Crippen molar-refractivity contribution in [3.8, 4) is 5.75 Å². The molecule has 0 radical (unpaired) electrons. The van der Waals surface area contributed by atoms with Crippen molar-refractivity contribution < 1.29 is 9.53 Å². The van der Waals surface area contributed by atoms with Crippen LogP contribution in [0.4, 0.5) is 5.13 Å². The second-order valence-electron chi connectivity index (χ2n) is 5.49. The molecule has 3 rings (SSSR count). The molecule has 0 saturated carbocycles. The molecule has 0 aliphatic heterocycles. The van der Waals surface area contributed by atoms with Gasteiger partial charge in [0.1, 0.15) is 5.75 Å². The Morgan fingerprint density at radius 1 is 1.29 bits per heavy atom. The summed E-state index contributed by atoms with van der Waals surface area (Å²) in [6.07, 6.45) is 0.0916. The first-order chi connectivity index (χ1) is 11.6. The van der Waals surface area contributed by atoms with E-state index in [0.717, 1.165) is 16.5 Å². The number of rotatable bonds is 6. The van der Waals surface area contributed by atoms with Gasteiger partial charge in [-0.05, 0) is 29.8 Å². The van der Waals surface area contributed by atoms with Crippen molar-refractivity contribution in [1.29, 1.82) is 0 Å². The lowest BCUT2D eigenvalue weighted by Crippen LogP contribution is -2.37. The summed E-state index contributed by atoms with van der Waals surface area (Å²) in [4.78, 5) is 16.3. The number of nitrogens with zero attached hydrogens (tertiary/aromatic N) is 1. The second kappa shape index (κ2) is 7.31. The van der Waals surface area contributed by atoms with Gasteiger partial charge in [-0.15, -0.1) is 11.3 Å². The van der Waals surface area contributed by atoms with Crippen LogP contribution >= 0.6 is 11.3 Å². The van der Waals surface area contributed by atoms with Crippen LogP contribution in [0.15, 0.2) is 47.8 Å². The van der Waals surface area contributed by atoms with Crippen LogP contribution in [0, 0.1) is 0 Å². The molecule has 0 bridgehead atoms. The molecule has 0 saturated heterocycles. The van der Waals surface area contributed by atoms with Crippen molar-refractivity contribution in [2.24, 2.45) is 0 Å². The maximum atomic E-state index is 12.1. The summed E-state index contributed by atoms with van der Waals surface area (Å²) in [7, 11) is 0. The molecule has 1 amide bonds. The summed E-state index contributed by atoms with van der Waals surface area (Å²) >= 11 is 1.40. The fourth-order valence-corrected chi connectivity index (χ4v) is 2.99. The summed E-state index contributed by atoms with van der Waals surface area (Å²) in [5.41, 5.74) is 6.47. The van der Waals surface area contributed by atoms with Gasteiger partial charge in [0.15, 0.2) is 11.2 Å². The maximum Gasteiger partial charge on any atom is 0.260 e. The summed E-state index contributed by atoms with van der Waals surface area (Å²) in [6.45, 7) is 2.25. The maximum absolute atomic E-state index is 12.1. The Hall–Kier alpha value is -2.60. The molecule has 6 heteroatoms. The Labute approximate surface area is 144 Å². The summed E-state index contributed by atoms with van der Waals surface area (Å²) in [5.74, 6) is 0.537. The standard InChI is InChI=1S/C18H19N3O2S/c1-12(17(22)20-9-8-15-11-24-18(19)21-15)23-16-7-6-13-4-2-3-5-14(13)10-16/h2-7,10-12H,8-9H2,1H3,(H2,19,21)(H,20,22)/t12-/m0/s1. The van der Waals surface area contributed by atoms with Crippen molar-refractivity contribution in [3.05, 3.63) is 53.5 Å². The van der Waals surface area contributed by atoms with Gasteiger partial charge in [-0.25, -0.2) is 4.98 Å². The van der Waals surface area contributed by atoms with Gasteiger partial charge in [0, 0.05) is 18.3 Å². The zero-order valence-corrected chi connectivity index (χ0v) is 14.2. The van der Waals surface area contributed by atoms with E-state index in [9.17, 15) is 4.79 Å². The van der Waals surface area contributed by atoms with Crippen molar-refractivity contribution in [1.82, 2.24) is 10.3 Å². The highest BCUT2D eigenvalue weighted by Gasteiger charge is 2.14. The van der Waals surface area contributed by atoms with E-state index in [-0.39, 0.29) is 5.91 Å². The fourth-order valence-electron chi connectivity index (χ4n) is 2.39. The van der Waals surface area contributed by atoms with Gasteiger partial charge in [-0.3, -0.25) is 4.79 Å². The summed E-state index contributed by atoms with van der Waals surface area (Å²) in [6, 6.07) is 13.8. The molecule has 0 spiro atoms. The molecule has 3 N–H and O–H groups in total. The van der Waals surface area contributed by atoms with Crippen molar-refractivity contribution in [3.63, 3.8) is 0 Å². The first-order valence-corrected chi connectivity index (χ1v) is 8.63. The van der Waals surface area contributed by atoms with E-state index >= 15 is 0 Å². The number of anilines is 1. The highest BCUT2D eigenvalue weighted by Crippen LogP contribution is 2.21. The van der Waals surface area contributed by atoms with Crippen LogP contribution in [0.5, 0.6) is 5.75 Å². The number of carbonyl (C=O) groups is 1. The Morgan fingerprint density at radius 2 is 2.08 bits per heavy atom. The minimum atomic E-state index is -0.563. The number of benzene rings is 2. The number of nitrogens with two attached hydrogens (primary N) is 1. The van der Waals surface area contributed by atoms with Crippen LogP contribution in [-0.2, 0) is 11.2 Å². The van der Waals surface area contributed by atoms with E-state index in [4.69, 9.17) is 10.5 Å². The Morgan fingerprint density at radius 3 is 2.83 bits per heavy atom. The minimum Gasteiger partial charge on any atom is -0.481 e. The van der Waals surface area contributed by atoms with Gasteiger partial charge in [0.2, 0.25) is 0 Å². The Kier molecular flexibility index (Phi) is 4.96. The average Bonchev–Trinajstić information content (AvgIpc) is 3.00. The number of nitrogen functional groups attached to an aromatic ring is 1. The van der Waals surface area contributed by atoms with E-state index in [2.05, 4.69) is 10.3 Å². The molecule has 2 aromatic carbocycles. The summed E-state index contributed by atoms with van der Waals surface area (Å²) in [5, 5.41) is 7.53. The molecule has 1 aromatic heterocycles. The van der Waals surface area contributed by atoms with Gasteiger partial charge in [-0.1, -0.05) is 30.3 Å². The topological polar surface area (TPSA) is 77.2 Å². The molecule has 5 nitrogen and oxygen atoms in total. The lowest BCUT2D eigenvalue weighted by atomic mass is 10.1. The van der Waals surface area contributed by atoms with E-state index in [1.807, 2.05) is 47.8 Å². The quantitative estimate of drug-likeness (QED) is 0.722. The number of ether oxygens (including phenoxy) is 1. The van der Waals surface area contributed by atoms with Crippen LogP contribution in [0.2, 0.25) is 0 Å². The molecule has 0 aliphatic rings. The third kappa shape index (κ3) is 4.02. The fraction of sp³-hybridized carbons (Fsp3) is 0.222. The first kappa shape index (κ1) is 16.3. The van der Waals surface area contributed by atoms with Crippen molar-refractivity contribution in [2.45, 2.75) is 19.4 Å². The number of nitrogens with one attached hydrogen (secondary N) is 1. The van der Waals surface area contributed by atoms with Crippen LogP contribution in [-0.4, -0.2) is 23.5 Å². The van der Waals surface area contributed by atoms with Gasteiger partial charge < -0.3 is 15.8 Å². The normalized spacial score (nSPS) is 12.0. The monoisotopic (exact) mass is 341 g/mol. The number of hydrogen-bond donors (Lipinski definition) is 2. The van der Waals surface area contributed by atoms with Gasteiger partial charge in [0.05, 0.1) is 5.69 Å². The predicted molar refractivity (Wildman–Crippen MR) is 97.3 cm³/mol. The minimum absolute atomic E-state index is 0.147. The van der Waals surface area contributed by atoms with E-state index in [0.29, 0.717) is 23.8 Å². The van der Waals surface area contributed by atoms with Crippen LogP contribution < -0.4 is 15.8 Å². The SMILES string of the molecule is C[C@H](Oc1ccc2ccccc2c1)C(=O)NCCc1csc(N)n1. The predicted octanol–water partition coefficient (Wildman–Crippen LogP) is 3.00. The highest BCUT2D eigenvalue weighted by atomic mass is 32.1. The third-order valence-electron chi connectivity index (χ3n) is 3.65. The Bertz CT molecular complexity index is 847. The molecule has 1 atom stereocenters. The van der Waals surface area contributed by atoms with Crippen LogP contribution in [0.25, 0.3) is 10.8 Å². The average molecular weight is 341 g/mol. The third-order valence-corrected chi connectivity index (χ3v) is 4.38. The van der Waals surface area contributed by atoms with Gasteiger partial charge in [-0.2, -0.15) is 0 Å². The largest absolute Gasteiger partial charge is 0.481 e. The first-order valence-electron chi connectivity index (χ1n) is 7.75. The number of fused-ring (bicyclic) bond motifs is 1. The van der Waals surface area contributed by atoms with Crippen LogP contribution in [0.3, 0.4) is 0 Å². The zero-order chi connectivity index (χ0) is 16.9. The van der Waals surface area contributed by atoms with E-state index in [1.54, 1.807) is 6.92 Å². The molecule has 1 heterocycles. The van der Waals surface area contributed by atoms with Crippen molar-refractivity contribution in [2.75, 3.05) is 12.3 Å². The molecular formula is C18H19N3O2S. The number of thiazole rings is 1. The molecule has 0 fully saturated rings.